The van der Waals surface area contributed by atoms with Crippen LogP contribution in [0, 0.1) is 11.8 Å². The van der Waals surface area contributed by atoms with E-state index in [2.05, 4.69) is 14.5 Å². The average Bonchev–Trinajstić information content (AvgIpc) is 3.32. The normalized spacial score (nSPS) is 19.0. The van der Waals surface area contributed by atoms with Crippen LogP contribution in [0.15, 0.2) is 31.0 Å². The van der Waals surface area contributed by atoms with Crippen LogP contribution >= 0.6 is 0 Å². The van der Waals surface area contributed by atoms with Crippen molar-refractivity contribution in [1.29, 1.82) is 0 Å². The first kappa shape index (κ1) is 11.0. The Labute approximate surface area is 112 Å². The van der Waals surface area contributed by atoms with Crippen LogP contribution in [0.3, 0.4) is 0 Å². The van der Waals surface area contributed by atoms with E-state index in [0.29, 0.717) is 6.04 Å². The molecule has 98 valence electrons. The predicted octanol–water partition coefficient (Wildman–Crippen LogP) is 2.89. The minimum Gasteiger partial charge on any atom is -0.398 e. The number of anilines is 1. The van der Waals surface area contributed by atoms with Gasteiger partial charge in [-0.15, -0.1) is 0 Å². The molecule has 4 nitrogen and oxygen atoms in total. The molecular weight excluding hydrogens is 236 g/mol. The minimum atomic E-state index is 0.622. The summed E-state index contributed by atoms with van der Waals surface area (Å²) >= 11 is 0. The lowest BCUT2D eigenvalue weighted by atomic mass is 10.1. The SMILES string of the molecule is Nc1ccncc1-c1cncn1C(C1CC1)C1CC1. The quantitative estimate of drug-likeness (QED) is 0.912. The maximum absolute atomic E-state index is 6.08. The lowest BCUT2D eigenvalue weighted by Gasteiger charge is -2.20. The molecule has 0 spiro atoms. The van der Waals surface area contributed by atoms with Crippen LogP contribution in [-0.2, 0) is 0 Å². The van der Waals surface area contributed by atoms with Crippen molar-refractivity contribution in [3.63, 3.8) is 0 Å². The van der Waals surface area contributed by atoms with Gasteiger partial charge < -0.3 is 10.3 Å². The van der Waals surface area contributed by atoms with E-state index in [1.54, 1.807) is 6.20 Å². The van der Waals surface area contributed by atoms with Crippen LogP contribution < -0.4 is 5.73 Å². The maximum atomic E-state index is 6.08. The molecule has 0 saturated heterocycles. The number of nitrogen functional groups attached to an aromatic ring is 1. The van der Waals surface area contributed by atoms with E-state index in [4.69, 9.17) is 5.73 Å². The van der Waals surface area contributed by atoms with Crippen molar-refractivity contribution in [1.82, 2.24) is 14.5 Å². The second-order valence-corrected chi connectivity index (χ2v) is 5.81. The van der Waals surface area contributed by atoms with Crippen LogP contribution in [0.1, 0.15) is 31.7 Å². The molecule has 0 unspecified atom stereocenters. The molecule has 2 aromatic heterocycles. The van der Waals surface area contributed by atoms with E-state index >= 15 is 0 Å². The zero-order chi connectivity index (χ0) is 12.8. The number of rotatable bonds is 4. The van der Waals surface area contributed by atoms with Crippen molar-refractivity contribution in [2.45, 2.75) is 31.7 Å². The largest absolute Gasteiger partial charge is 0.398 e. The van der Waals surface area contributed by atoms with Gasteiger partial charge in [0.1, 0.15) is 0 Å². The molecule has 2 aliphatic rings. The molecule has 0 atom stereocenters. The van der Waals surface area contributed by atoms with E-state index in [-0.39, 0.29) is 0 Å². The smallest absolute Gasteiger partial charge is 0.0953 e. The monoisotopic (exact) mass is 254 g/mol. The Hall–Kier alpha value is -1.84. The predicted molar refractivity (Wildman–Crippen MR) is 74.4 cm³/mol. The van der Waals surface area contributed by atoms with E-state index in [1.165, 1.54) is 25.7 Å². The number of hydrogen-bond donors (Lipinski definition) is 1. The summed E-state index contributed by atoms with van der Waals surface area (Å²) in [5.74, 6) is 1.69. The first-order valence-corrected chi connectivity index (χ1v) is 7.06. The van der Waals surface area contributed by atoms with Crippen LogP contribution in [-0.4, -0.2) is 14.5 Å². The van der Waals surface area contributed by atoms with Gasteiger partial charge in [0.15, 0.2) is 0 Å². The summed E-state index contributed by atoms with van der Waals surface area (Å²) in [6.07, 6.45) is 12.9. The van der Waals surface area contributed by atoms with Gasteiger partial charge in [-0.2, -0.15) is 0 Å². The average molecular weight is 254 g/mol. The second-order valence-electron chi connectivity index (χ2n) is 5.81. The fourth-order valence-corrected chi connectivity index (χ4v) is 3.08. The van der Waals surface area contributed by atoms with Gasteiger partial charge in [0.2, 0.25) is 0 Å². The number of hydrogen-bond acceptors (Lipinski definition) is 3. The zero-order valence-corrected chi connectivity index (χ0v) is 10.9. The topological polar surface area (TPSA) is 56.7 Å². The molecule has 2 aliphatic carbocycles. The summed E-state index contributed by atoms with van der Waals surface area (Å²) in [5, 5.41) is 0. The van der Waals surface area contributed by atoms with Gasteiger partial charge in [-0.3, -0.25) is 4.98 Å². The summed E-state index contributed by atoms with van der Waals surface area (Å²) < 4.78 is 2.35. The molecular formula is C15H18N4. The van der Waals surface area contributed by atoms with E-state index in [1.807, 2.05) is 24.8 Å². The molecule has 0 bridgehead atoms. The molecule has 2 heterocycles. The first-order chi connectivity index (χ1) is 9.34. The molecule has 0 aliphatic heterocycles. The number of nitrogens with two attached hydrogens (primary N) is 1. The third kappa shape index (κ3) is 1.91. The molecule has 4 heteroatoms. The Morgan fingerprint density at radius 1 is 1.11 bits per heavy atom. The summed E-state index contributed by atoms with van der Waals surface area (Å²) in [6.45, 7) is 0. The van der Waals surface area contributed by atoms with E-state index < -0.39 is 0 Å². The minimum absolute atomic E-state index is 0.622. The number of aromatic nitrogens is 3. The van der Waals surface area contributed by atoms with Crippen molar-refractivity contribution in [2.75, 3.05) is 5.73 Å². The highest BCUT2D eigenvalue weighted by Gasteiger charge is 2.43. The van der Waals surface area contributed by atoms with Crippen LogP contribution in [0.4, 0.5) is 5.69 Å². The van der Waals surface area contributed by atoms with Gasteiger partial charge in [-0.05, 0) is 43.6 Å². The Kier molecular flexibility index (Phi) is 2.37. The Bertz CT molecular complexity index is 584. The lowest BCUT2D eigenvalue weighted by molar-refractivity contribution is 0.398. The Balaban J connectivity index is 1.78. The number of nitrogens with zero attached hydrogens (tertiary/aromatic N) is 3. The van der Waals surface area contributed by atoms with Crippen LogP contribution in [0.2, 0.25) is 0 Å². The highest BCUT2D eigenvalue weighted by molar-refractivity contribution is 5.72. The second kappa shape index (κ2) is 4.08. The third-order valence-corrected chi connectivity index (χ3v) is 4.33. The molecule has 2 aromatic rings. The van der Waals surface area contributed by atoms with E-state index in [0.717, 1.165) is 28.8 Å². The summed E-state index contributed by atoms with van der Waals surface area (Å²) in [6, 6.07) is 2.48. The molecule has 2 saturated carbocycles. The highest BCUT2D eigenvalue weighted by atomic mass is 15.1. The van der Waals surface area contributed by atoms with Crippen molar-refractivity contribution >= 4 is 5.69 Å². The molecule has 0 radical (unpaired) electrons. The first-order valence-electron chi connectivity index (χ1n) is 7.06. The summed E-state index contributed by atoms with van der Waals surface area (Å²) in [7, 11) is 0. The number of pyridine rings is 1. The van der Waals surface area contributed by atoms with Gasteiger partial charge in [-0.25, -0.2) is 4.98 Å². The molecule has 19 heavy (non-hydrogen) atoms. The van der Waals surface area contributed by atoms with Crippen LogP contribution in [0.25, 0.3) is 11.3 Å². The van der Waals surface area contributed by atoms with Crippen molar-refractivity contribution in [3.8, 4) is 11.3 Å². The third-order valence-electron chi connectivity index (χ3n) is 4.33. The van der Waals surface area contributed by atoms with Crippen LogP contribution in [0.5, 0.6) is 0 Å². The van der Waals surface area contributed by atoms with Gasteiger partial charge in [0.05, 0.1) is 18.2 Å². The fourth-order valence-electron chi connectivity index (χ4n) is 3.08. The molecule has 2 N–H and O–H groups in total. The number of imidazole rings is 1. The standard InChI is InChI=1S/C15H18N4/c16-13-5-6-17-7-12(13)14-8-18-9-19(14)15(10-1-2-10)11-3-4-11/h5-11,15H,1-4H2,(H2,16,17). The van der Waals surface area contributed by atoms with E-state index in [9.17, 15) is 0 Å². The van der Waals surface area contributed by atoms with Crippen molar-refractivity contribution in [3.05, 3.63) is 31.0 Å². The molecule has 4 rings (SSSR count). The molecule has 0 aromatic carbocycles. The lowest BCUT2D eigenvalue weighted by Crippen LogP contribution is -2.14. The zero-order valence-electron chi connectivity index (χ0n) is 10.9. The van der Waals surface area contributed by atoms with Crippen molar-refractivity contribution < 1.29 is 0 Å². The molecule has 0 amide bonds. The van der Waals surface area contributed by atoms with Gasteiger partial charge in [0, 0.05) is 29.7 Å². The summed E-state index contributed by atoms with van der Waals surface area (Å²) in [5.41, 5.74) is 8.99. The van der Waals surface area contributed by atoms with Gasteiger partial charge in [-0.1, -0.05) is 0 Å². The van der Waals surface area contributed by atoms with Gasteiger partial charge >= 0.3 is 0 Å². The molecule has 2 fully saturated rings. The summed E-state index contributed by atoms with van der Waals surface area (Å²) in [4.78, 5) is 8.56. The Morgan fingerprint density at radius 2 is 1.84 bits per heavy atom. The maximum Gasteiger partial charge on any atom is 0.0953 e. The van der Waals surface area contributed by atoms with Gasteiger partial charge in [0.25, 0.3) is 0 Å². The fraction of sp³-hybridized carbons (Fsp3) is 0.467. The highest BCUT2D eigenvalue weighted by Crippen LogP contribution is 2.53. The van der Waals surface area contributed by atoms with Crippen molar-refractivity contribution in [2.24, 2.45) is 11.8 Å². The Morgan fingerprint density at radius 3 is 2.47 bits per heavy atom.